The van der Waals surface area contributed by atoms with Gasteiger partial charge in [-0.1, -0.05) is 13.8 Å². The fourth-order valence-corrected chi connectivity index (χ4v) is 7.03. The molecule has 130 valence electrons. The lowest BCUT2D eigenvalue weighted by molar-refractivity contribution is -0.262. The van der Waals surface area contributed by atoms with Gasteiger partial charge in [-0.05, 0) is 56.3 Å². The van der Waals surface area contributed by atoms with Gasteiger partial charge in [-0.15, -0.1) is 0 Å². The van der Waals surface area contributed by atoms with Crippen molar-refractivity contribution in [1.82, 2.24) is 0 Å². The highest BCUT2D eigenvalue weighted by Gasteiger charge is 2.67. The monoisotopic (exact) mass is 322 g/mol. The molecule has 4 nitrogen and oxygen atoms in total. The van der Waals surface area contributed by atoms with Gasteiger partial charge in [-0.25, -0.2) is 0 Å². The third-order valence-corrected chi connectivity index (χ3v) is 8.54. The van der Waals surface area contributed by atoms with Crippen molar-refractivity contribution in [3.63, 3.8) is 0 Å². The van der Waals surface area contributed by atoms with Crippen molar-refractivity contribution < 1.29 is 20.1 Å². The summed E-state index contributed by atoms with van der Waals surface area (Å²) in [6.45, 7) is 4.25. The minimum atomic E-state index is -1.18. The van der Waals surface area contributed by atoms with Crippen LogP contribution in [0.25, 0.3) is 0 Å². The van der Waals surface area contributed by atoms with Gasteiger partial charge in [0.25, 0.3) is 0 Å². The van der Waals surface area contributed by atoms with Crippen molar-refractivity contribution in [2.24, 2.45) is 28.6 Å². The van der Waals surface area contributed by atoms with Gasteiger partial charge in [-0.2, -0.15) is 0 Å². The Balaban J connectivity index is 1.72. The first-order valence-corrected chi connectivity index (χ1v) is 9.34. The second-order valence-electron chi connectivity index (χ2n) is 9.28. The van der Waals surface area contributed by atoms with Crippen LogP contribution in [0.1, 0.15) is 65.2 Å². The topological polar surface area (TPSA) is 77.8 Å². The molecule has 23 heavy (non-hydrogen) atoms. The second kappa shape index (κ2) is 4.80. The van der Waals surface area contributed by atoms with Crippen molar-refractivity contribution in [2.75, 3.05) is 0 Å². The number of carbonyl (C=O) groups excluding carboxylic acids is 1. The molecule has 4 fully saturated rings. The summed E-state index contributed by atoms with van der Waals surface area (Å²) in [5.74, 6) is 1.44. The normalized spacial score (nSPS) is 59.2. The molecule has 0 aromatic heterocycles. The Kier molecular flexibility index (Phi) is 3.35. The Labute approximate surface area is 138 Å². The predicted molar refractivity (Wildman–Crippen MR) is 85.6 cm³/mol. The number of hydrogen-bond donors (Lipinski definition) is 3. The Morgan fingerprint density at radius 2 is 1.78 bits per heavy atom. The summed E-state index contributed by atoms with van der Waals surface area (Å²) in [7, 11) is 0. The summed E-state index contributed by atoms with van der Waals surface area (Å²) in [5.41, 5.74) is -1.73. The summed E-state index contributed by atoms with van der Waals surface area (Å²) >= 11 is 0. The van der Waals surface area contributed by atoms with Crippen molar-refractivity contribution in [2.45, 2.75) is 83.0 Å². The van der Waals surface area contributed by atoms with E-state index in [1.807, 2.05) is 0 Å². The number of aliphatic hydroxyl groups excluding tert-OH is 2. The largest absolute Gasteiger partial charge is 0.393 e. The van der Waals surface area contributed by atoms with Gasteiger partial charge in [0.1, 0.15) is 5.78 Å². The lowest BCUT2D eigenvalue weighted by atomic mass is 9.43. The average molecular weight is 322 g/mol. The highest BCUT2D eigenvalue weighted by Crippen LogP contribution is 2.66. The minimum Gasteiger partial charge on any atom is -0.393 e. The van der Waals surface area contributed by atoms with Crippen LogP contribution in [0, 0.1) is 28.6 Å². The van der Waals surface area contributed by atoms with E-state index < -0.39 is 17.8 Å². The molecule has 4 heteroatoms. The SMILES string of the molecule is CC12CCC3C(CC(O)C4(O)CC(O)CCC34C)C1CCC2=O. The van der Waals surface area contributed by atoms with Gasteiger partial charge in [0.05, 0.1) is 17.8 Å². The van der Waals surface area contributed by atoms with E-state index >= 15 is 0 Å². The Morgan fingerprint density at radius 3 is 2.52 bits per heavy atom. The van der Waals surface area contributed by atoms with Gasteiger partial charge in [0.2, 0.25) is 0 Å². The summed E-state index contributed by atoms with van der Waals surface area (Å²) in [6, 6.07) is 0. The van der Waals surface area contributed by atoms with Crippen LogP contribution in [0.2, 0.25) is 0 Å². The molecule has 0 saturated heterocycles. The van der Waals surface area contributed by atoms with Crippen molar-refractivity contribution in [3.05, 3.63) is 0 Å². The zero-order chi connectivity index (χ0) is 16.6. The maximum Gasteiger partial charge on any atom is 0.139 e. The smallest absolute Gasteiger partial charge is 0.139 e. The Morgan fingerprint density at radius 1 is 1.04 bits per heavy atom. The Bertz CT molecular complexity index is 533. The van der Waals surface area contributed by atoms with Crippen LogP contribution < -0.4 is 0 Å². The zero-order valence-electron chi connectivity index (χ0n) is 14.3. The summed E-state index contributed by atoms with van der Waals surface area (Å²) in [5, 5.41) is 32.2. The third-order valence-electron chi connectivity index (χ3n) is 8.54. The molecule has 0 amide bonds. The van der Waals surface area contributed by atoms with Crippen LogP contribution in [0.4, 0.5) is 0 Å². The fourth-order valence-electron chi connectivity index (χ4n) is 7.03. The molecule has 8 unspecified atom stereocenters. The molecule has 4 aliphatic carbocycles. The van der Waals surface area contributed by atoms with Gasteiger partial charge in [0.15, 0.2) is 0 Å². The van der Waals surface area contributed by atoms with Crippen molar-refractivity contribution in [1.29, 1.82) is 0 Å². The lowest BCUT2D eigenvalue weighted by Gasteiger charge is -2.64. The van der Waals surface area contributed by atoms with E-state index in [4.69, 9.17) is 0 Å². The first-order chi connectivity index (χ1) is 10.7. The van der Waals surface area contributed by atoms with E-state index in [9.17, 15) is 20.1 Å². The van der Waals surface area contributed by atoms with Gasteiger partial charge in [0, 0.05) is 23.7 Å². The number of carbonyl (C=O) groups is 1. The zero-order valence-corrected chi connectivity index (χ0v) is 14.3. The van der Waals surface area contributed by atoms with Crippen LogP contribution in [0.5, 0.6) is 0 Å². The maximum absolute atomic E-state index is 12.4. The van der Waals surface area contributed by atoms with Crippen LogP contribution in [0.3, 0.4) is 0 Å². The molecule has 0 radical (unpaired) electrons. The highest BCUT2D eigenvalue weighted by molar-refractivity contribution is 5.87. The van der Waals surface area contributed by atoms with E-state index in [1.165, 1.54) is 0 Å². The first kappa shape index (κ1) is 16.0. The number of hydrogen-bond acceptors (Lipinski definition) is 4. The Hall–Kier alpha value is -0.450. The second-order valence-corrected chi connectivity index (χ2v) is 9.28. The molecule has 0 aromatic rings. The van der Waals surface area contributed by atoms with E-state index in [-0.39, 0.29) is 17.3 Å². The first-order valence-electron chi connectivity index (χ1n) is 9.34. The van der Waals surface area contributed by atoms with Crippen molar-refractivity contribution >= 4 is 5.78 Å². The molecule has 8 atom stereocenters. The number of Topliss-reactive ketones (excluding diaryl/α,β-unsaturated/α-hetero) is 1. The molecule has 3 N–H and O–H groups in total. The molecule has 4 rings (SSSR count). The van der Waals surface area contributed by atoms with Crippen LogP contribution >= 0.6 is 0 Å². The van der Waals surface area contributed by atoms with E-state index in [2.05, 4.69) is 13.8 Å². The number of aliphatic hydroxyl groups is 3. The summed E-state index contributed by atoms with van der Waals surface area (Å²) in [6.07, 6.45) is 4.54. The van der Waals surface area contributed by atoms with E-state index in [1.54, 1.807) is 0 Å². The number of ketones is 1. The molecule has 0 aliphatic heterocycles. The lowest BCUT2D eigenvalue weighted by Crippen LogP contribution is -2.68. The van der Waals surface area contributed by atoms with Crippen LogP contribution in [-0.2, 0) is 4.79 Å². The quantitative estimate of drug-likeness (QED) is 0.638. The maximum atomic E-state index is 12.4. The highest BCUT2D eigenvalue weighted by atomic mass is 16.3. The molecular formula is C19H30O4. The molecule has 0 spiro atoms. The third kappa shape index (κ3) is 1.86. The van der Waals surface area contributed by atoms with Crippen LogP contribution in [-0.4, -0.2) is 38.9 Å². The average Bonchev–Trinajstić information content (AvgIpc) is 2.79. The molecule has 0 bridgehead atoms. The predicted octanol–water partition coefficient (Wildman–Crippen LogP) is 2.04. The van der Waals surface area contributed by atoms with Gasteiger partial charge < -0.3 is 15.3 Å². The molecule has 4 saturated carbocycles. The number of fused-ring (bicyclic) bond motifs is 5. The fraction of sp³-hybridized carbons (Fsp3) is 0.947. The summed E-state index contributed by atoms with van der Waals surface area (Å²) in [4.78, 5) is 12.4. The minimum absolute atomic E-state index is 0.207. The molecule has 0 heterocycles. The van der Waals surface area contributed by atoms with E-state index in [0.717, 1.165) is 25.7 Å². The van der Waals surface area contributed by atoms with Gasteiger partial charge >= 0.3 is 0 Å². The van der Waals surface area contributed by atoms with Crippen LogP contribution in [0.15, 0.2) is 0 Å². The molecule has 0 aromatic carbocycles. The van der Waals surface area contributed by atoms with E-state index in [0.29, 0.717) is 42.8 Å². The van der Waals surface area contributed by atoms with Crippen molar-refractivity contribution in [3.8, 4) is 0 Å². The summed E-state index contributed by atoms with van der Waals surface area (Å²) < 4.78 is 0. The standard InChI is InChI=1S/C19H30O4/c1-17-7-6-14-12(13(17)3-4-15(17)21)9-16(22)19(23)10-11(20)5-8-18(14,19)2/h11-14,16,20,22-23H,3-10H2,1-2H3. The molecular weight excluding hydrogens is 292 g/mol. The van der Waals surface area contributed by atoms with Gasteiger partial charge in [-0.3, -0.25) is 4.79 Å². The number of rotatable bonds is 0. The molecule has 4 aliphatic rings.